The Labute approximate surface area is 88.9 Å². The van der Waals surface area contributed by atoms with Crippen molar-refractivity contribution in [2.24, 2.45) is 5.14 Å². The van der Waals surface area contributed by atoms with E-state index in [9.17, 15) is 8.42 Å². The van der Waals surface area contributed by atoms with E-state index in [0.29, 0.717) is 12.2 Å². The lowest BCUT2D eigenvalue weighted by atomic mass is 10.00. The van der Waals surface area contributed by atoms with Gasteiger partial charge < -0.3 is 5.32 Å². The highest BCUT2D eigenvalue weighted by atomic mass is 32.2. The summed E-state index contributed by atoms with van der Waals surface area (Å²) in [5.74, 6) is 0. The Morgan fingerprint density at radius 1 is 1.40 bits per heavy atom. The molecule has 6 heteroatoms. The number of nitrogens with two attached hydrogens (primary N) is 1. The van der Waals surface area contributed by atoms with Crippen molar-refractivity contribution in [2.45, 2.75) is 13.0 Å². The summed E-state index contributed by atoms with van der Waals surface area (Å²) in [4.78, 5) is 0. The number of benzene rings is 1. The third kappa shape index (κ3) is 2.47. The van der Waals surface area contributed by atoms with Crippen LogP contribution in [0.3, 0.4) is 0 Å². The molecule has 0 unspecified atom stereocenters. The first kappa shape index (κ1) is 10.4. The molecule has 5 nitrogen and oxygen atoms in total. The van der Waals surface area contributed by atoms with Crippen LogP contribution in [0, 0.1) is 0 Å². The predicted molar refractivity (Wildman–Crippen MR) is 58.6 cm³/mol. The molecule has 4 N–H and O–H groups in total. The van der Waals surface area contributed by atoms with Crippen LogP contribution < -0.4 is 15.2 Å². The number of hydrogen-bond acceptors (Lipinski definition) is 3. The molecule has 1 aliphatic heterocycles. The number of nitrogens with one attached hydrogen (secondary N) is 2. The molecular formula is C9H13N3O2S. The van der Waals surface area contributed by atoms with Crippen molar-refractivity contribution in [1.82, 2.24) is 5.32 Å². The average molecular weight is 227 g/mol. The molecule has 0 bridgehead atoms. The van der Waals surface area contributed by atoms with E-state index in [1.165, 1.54) is 5.56 Å². The predicted octanol–water partition coefficient (Wildman–Crippen LogP) is -0.0523. The molecule has 0 amide bonds. The van der Waals surface area contributed by atoms with Crippen LogP contribution in [0.15, 0.2) is 18.2 Å². The van der Waals surface area contributed by atoms with Crippen LogP contribution in [0.4, 0.5) is 5.69 Å². The van der Waals surface area contributed by atoms with Crippen LogP contribution in [-0.4, -0.2) is 15.0 Å². The Balaban J connectivity index is 2.39. The van der Waals surface area contributed by atoms with Crippen molar-refractivity contribution in [3.05, 3.63) is 29.3 Å². The van der Waals surface area contributed by atoms with E-state index >= 15 is 0 Å². The van der Waals surface area contributed by atoms with Gasteiger partial charge in [-0.25, -0.2) is 5.14 Å². The normalized spacial score (nSPS) is 15.8. The third-order valence-corrected chi connectivity index (χ3v) is 2.90. The molecule has 0 radical (unpaired) electrons. The maximum absolute atomic E-state index is 10.9. The van der Waals surface area contributed by atoms with Gasteiger partial charge >= 0.3 is 0 Å². The fourth-order valence-corrected chi connectivity index (χ4v) is 2.26. The first-order valence-electron chi connectivity index (χ1n) is 4.68. The Morgan fingerprint density at radius 2 is 2.20 bits per heavy atom. The highest BCUT2D eigenvalue weighted by Gasteiger charge is 2.14. The summed E-state index contributed by atoms with van der Waals surface area (Å²) in [6, 6.07) is 5.55. The number of fused-ring (bicyclic) bond motifs is 1. The molecular weight excluding hydrogens is 214 g/mol. The largest absolute Gasteiger partial charge is 0.312 e. The maximum Gasteiger partial charge on any atom is 0.296 e. The lowest BCUT2D eigenvalue weighted by Gasteiger charge is -2.20. The standard InChI is InChI=1S/C9H13N3O2S/c10-15(13,14)12-9-3-1-2-7-4-5-11-6-8(7)9/h1-3,11-12H,4-6H2,(H2,10,13,14). The van der Waals surface area contributed by atoms with Gasteiger partial charge in [0.15, 0.2) is 0 Å². The molecule has 1 heterocycles. The van der Waals surface area contributed by atoms with Gasteiger partial charge in [-0.2, -0.15) is 8.42 Å². The summed E-state index contributed by atoms with van der Waals surface area (Å²) in [6.07, 6.45) is 0.912. The minimum atomic E-state index is -3.69. The van der Waals surface area contributed by atoms with Crippen molar-refractivity contribution in [2.75, 3.05) is 11.3 Å². The fourth-order valence-electron chi connectivity index (χ4n) is 1.76. The van der Waals surface area contributed by atoms with Crippen LogP contribution in [0.5, 0.6) is 0 Å². The Hall–Kier alpha value is -1.11. The topological polar surface area (TPSA) is 84.2 Å². The Bertz CT molecular complexity index is 470. The Kier molecular flexibility index (Phi) is 2.64. The second kappa shape index (κ2) is 3.80. The van der Waals surface area contributed by atoms with Crippen molar-refractivity contribution in [3.8, 4) is 0 Å². The first-order valence-corrected chi connectivity index (χ1v) is 6.23. The van der Waals surface area contributed by atoms with Gasteiger partial charge in [-0.3, -0.25) is 4.72 Å². The SMILES string of the molecule is NS(=O)(=O)Nc1cccc2c1CNCC2. The van der Waals surface area contributed by atoms with Gasteiger partial charge in [0, 0.05) is 6.54 Å². The molecule has 1 aromatic rings. The molecule has 1 aromatic carbocycles. The van der Waals surface area contributed by atoms with Gasteiger partial charge in [0.25, 0.3) is 10.2 Å². The second-order valence-electron chi connectivity index (χ2n) is 3.52. The van der Waals surface area contributed by atoms with Gasteiger partial charge in [-0.15, -0.1) is 0 Å². The van der Waals surface area contributed by atoms with E-state index in [2.05, 4.69) is 10.0 Å². The molecule has 0 aliphatic carbocycles. The van der Waals surface area contributed by atoms with Crippen LogP contribution >= 0.6 is 0 Å². The average Bonchev–Trinajstić information content (AvgIpc) is 2.16. The molecule has 1 aliphatic rings. The van der Waals surface area contributed by atoms with Gasteiger partial charge in [0.2, 0.25) is 0 Å². The summed E-state index contributed by atoms with van der Waals surface area (Å²) < 4.78 is 24.2. The number of hydrogen-bond donors (Lipinski definition) is 3. The van der Waals surface area contributed by atoms with Gasteiger partial charge in [-0.1, -0.05) is 12.1 Å². The van der Waals surface area contributed by atoms with Gasteiger partial charge in [0.1, 0.15) is 0 Å². The van der Waals surface area contributed by atoms with E-state index in [0.717, 1.165) is 18.5 Å². The van der Waals surface area contributed by atoms with E-state index in [1.807, 2.05) is 12.1 Å². The summed E-state index contributed by atoms with van der Waals surface area (Å²) >= 11 is 0. The fraction of sp³-hybridized carbons (Fsp3) is 0.333. The van der Waals surface area contributed by atoms with Crippen molar-refractivity contribution in [3.63, 3.8) is 0 Å². The molecule has 0 saturated carbocycles. The minimum Gasteiger partial charge on any atom is -0.312 e. The van der Waals surface area contributed by atoms with E-state index in [-0.39, 0.29) is 0 Å². The number of rotatable bonds is 2. The highest BCUT2D eigenvalue weighted by Crippen LogP contribution is 2.23. The lowest BCUT2D eigenvalue weighted by molar-refractivity contribution is 0.602. The quantitative estimate of drug-likeness (QED) is 0.662. The van der Waals surface area contributed by atoms with Crippen molar-refractivity contribution in [1.29, 1.82) is 0 Å². The van der Waals surface area contributed by atoms with Crippen molar-refractivity contribution >= 4 is 15.9 Å². The molecule has 0 atom stereocenters. The van der Waals surface area contributed by atoms with E-state index in [4.69, 9.17) is 5.14 Å². The molecule has 82 valence electrons. The number of anilines is 1. The Morgan fingerprint density at radius 3 is 2.93 bits per heavy atom. The monoisotopic (exact) mass is 227 g/mol. The third-order valence-electron chi connectivity index (χ3n) is 2.40. The molecule has 15 heavy (non-hydrogen) atoms. The molecule has 0 saturated heterocycles. The molecule has 0 fully saturated rings. The van der Waals surface area contributed by atoms with Crippen LogP contribution in [-0.2, 0) is 23.2 Å². The minimum absolute atomic E-state index is 0.571. The molecule has 2 rings (SSSR count). The van der Waals surface area contributed by atoms with Gasteiger partial charge in [-0.05, 0) is 30.2 Å². The molecule has 0 spiro atoms. The second-order valence-corrected chi connectivity index (χ2v) is 4.81. The van der Waals surface area contributed by atoms with Crippen molar-refractivity contribution < 1.29 is 8.42 Å². The summed E-state index contributed by atoms with van der Waals surface area (Å²) in [7, 11) is -3.69. The van der Waals surface area contributed by atoms with E-state index < -0.39 is 10.2 Å². The zero-order chi connectivity index (χ0) is 10.9. The van der Waals surface area contributed by atoms with Crippen LogP contribution in [0.25, 0.3) is 0 Å². The lowest BCUT2D eigenvalue weighted by Crippen LogP contribution is -2.27. The maximum atomic E-state index is 10.9. The van der Waals surface area contributed by atoms with Crippen LogP contribution in [0.1, 0.15) is 11.1 Å². The summed E-state index contributed by atoms with van der Waals surface area (Å²) in [5.41, 5.74) is 2.72. The van der Waals surface area contributed by atoms with Gasteiger partial charge in [0.05, 0.1) is 5.69 Å². The van der Waals surface area contributed by atoms with Crippen LogP contribution in [0.2, 0.25) is 0 Å². The smallest absolute Gasteiger partial charge is 0.296 e. The molecule has 0 aromatic heterocycles. The zero-order valence-corrected chi connectivity index (χ0v) is 8.97. The summed E-state index contributed by atoms with van der Waals surface area (Å²) in [6.45, 7) is 1.60. The van der Waals surface area contributed by atoms with E-state index in [1.54, 1.807) is 6.07 Å². The first-order chi connectivity index (χ1) is 7.06. The highest BCUT2D eigenvalue weighted by molar-refractivity contribution is 7.90. The summed E-state index contributed by atoms with van der Waals surface area (Å²) in [5, 5.41) is 8.13. The zero-order valence-electron chi connectivity index (χ0n) is 8.16.